The molecule has 4 nitrogen and oxygen atoms in total. The van der Waals surface area contributed by atoms with Crippen molar-refractivity contribution in [2.24, 2.45) is 0 Å². The van der Waals surface area contributed by atoms with Crippen LogP contribution in [0, 0.1) is 0 Å². The average molecular weight is 1150 g/mol. The second kappa shape index (κ2) is 24.8. The molecule has 0 aliphatic rings. The Morgan fingerprint density at radius 3 is 0.600 bits per heavy atom. The van der Waals surface area contributed by atoms with Gasteiger partial charge in [-0.15, -0.1) is 0 Å². The summed E-state index contributed by atoms with van der Waals surface area (Å²) in [6, 6.07) is 125. The van der Waals surface area contributed by atoms with Gasteiger partial charge in [0, 0.05) is 27.8 Å². The van der Waals surface area contributed by atoms with E-state index in [2.05, 4.69) is 352 Å². The number of hydrogen-bond donors (Lipinski definition) is 0. The van der Waals surface area contributed by atoms with Gasteiger partial charge >= 0.3 is 0 Å². The monoisotopic (exact) mass is 1150 g/mol. The predicted molar refractivity (Wildman–Crippen MR) is 374 cm³/mol. The molecular formula is C86H58N4. The lowest BCUT2D eigenvalue weighted by atomic mass is 9.92. The fourth-order valence-corrected chi connectivity index (χ4v) is 12.0. The van der Waals surface area contributed by atoms with Crippen molar-refractivity contribution in [2.45, 2.75) is 0 Å². The molecule has 2 heterocycles. The highest BCUT2D eigenvalue weighted by Gasteiger charge is 2.18. The van der Waals surface area contributed by atoms with Crippen LogP contribution in [0.1, 0.15) is 0 Å². The molecule has 4 heteroatoms. The molecule has 2 aromatic heterocycles. The zero-order valence-corrected chi connectivity index (χ0v) is 49.3. The Morgan fingerprint density at radius 1 is 0.111 bits per heavy atom. The van der Waals surface area contributed by atoms with Gasteiger partial charge in [0.15, 0.2) is 17.5 Å². The fourth-order valence-electron chi connectivity index (χ4n) is 12.0. The zero-order valence-electron chi connectivity index (χ0n) is 49.3. The van der Waals surface area contributed by atoms with E-state index in [1.165, 1.54) is 22.3 Å². The number of hydrogen-bond acceptors (Lipinski definition) is 4. The van der Waals surface area contributed by atoms with Gasteiger partial charge in [0.2, 0.25) is 0 Å². The minimum Gasteiger partial charge on any atom is -0.248 e. The van der Waals surface area contributed by atoms with Crippen molar-refractivity contribution in [3.05, 3.63) is 352 Å². The molecule has 0 fully saturated rings. The van der Waals surface area contributed by atoms with Crippen molar-refractivity contribution >= 4 is 0 Å². The van der Waals surface area contributed by atoms with Crippen LogP contribution in [0.25, 0.3) is 157 Å². The van der Waals surface area contributed by atoms with E-state index in [0.29, 0.717) is 17.5 Å². The third-order valence-corrected chi connectivity index (χ3v) is 16.7. The van der Waals surface area contributed by atoms with Crippen LogP contribution in [0.3, 0.4) is 0 Å². The number of rotatable bonds is 14. The third kappa shape index (κ3) is 11.8. The molecule has 422 valence electrons. The maximum atomic E-state index is 5.38. The van der Waals surface area contributed by atoms with Crippen LogP contribution in [-0.4, -0.2) is 19.9 Å². The number of pyridine rings is 1. The van der Waals surface area contributed by atoms with E-state index in [4.69, 9.17) is 19.9 Å². The van der Waals surface area contributed by atoms with Crippen molar-refractivity contribution in [1.29, 1.82) is 0 Å². The van der Waals surface area contributed by atoms with Crippen molar-refractivity contribution in [3.63, 3.8) is 0 Å². The maximum Gasteiger partial charge on any atom is 0.164 e. The molecule has 0 atom stereocenters. The van der Waals surface area contributed by atoms with Crippen LogP contribution in [0.5, 0.6) is 0 Å². The van der Waals surface area contributed by atoms with Crippen LogP contribution in [0.4, 0.5) is 0 Å². The summed E-state index contributed by atoms with van der Waals surface area (Å²) in [6.07, 6.45) is 0. The Hall–Kier alpha value is -12.0. The van der Waals surface area contributed by atoms with Crippen LogP contribution in [0.15, 0.2) is 352 Å². The average Bonchev–Trinajstić information content (AvgIpc) is 2.29. The van der Waals surface area contributed by atoms with Crippen molar-refractivity contribution in [2.75, 3.05) is 0 Å². The highest BCUT2D eigenvalue weighted by molar-refractivity contribution is 5.86. The summed E-state index contributed by atoms with van der Waals surface area (Å²) in [7, 11) is 0. The minimum absolute atomic E-state index is 0.557. The van der Waals surface area contributed by atoms with Crippen LogP contribution in [-0.2, 0) is 0 Å². The Labute approximate surface area is 525 Å². The smallest absolute Gasteiger partial charge is 0.164 e. The van der Waals surface area contributed by atoms with E-state index in [9.17, 15) is 0 Å². The lowest BCUT2D eigenvalue weighted by Gasteiger charge is -2.14. The first-order valence-corrected chi connectivity index (χ1v) is 30.5. The molecule has 90 heavy (non-hydrogen) atoms. The van der Waals surface area contributed by atoms with Crippen molar-refractivity contribution in [3.8, 4) is 157 Å². The SMILES string of the molecule is c1ccc(-c2cc(-c3ccccc3)cc(-c3ccc(-c4cccc(-c5cccc(-c6nc(-c7cccc(-c8cc(-c9ccccc9)cc(-c9ccccc9)c8)c7)nc(-c7cccc(-c8cc(-c9ccccc9)cc(-c9ccccc9)c8)c7)n6)c5)n4)cc3)c2)cc1. The molecule has 0 spiro atoms. The topological polar surface area (TPSA) is 51.6 Å². The van der Waals surface area contributed by atoms with Crippen molar-refractivity contribution < 1.29 is 0 Å². The lowest BCUT2D eigenvalue weighted by molar-refractivity contribution is 1.07. The van der Waals surface area contributed by atoms with Gasteiger partial charge in [-0.2, -0.15) is 0 Å². The quantitative estimate of drug-likeness (QED) is 0.109. The van der Waals surface area contributed by atoms with E-state index >= 15 is 0 Å². The zero-order chi connectivity index (χ0) is 60.0. The van der Waals surface area contributed by atoms with E-state index in [-0.39, 0.29) is 0 Å². The lowest BCUT2D eigenvalue weighted by Crippen LogP contribution is -2.01. The Kier molecular flexibility index (Phi) is 15.0. The molecule has 0 aliphatic carbocycles. The molecule has 0 amide bonds. The molecule has 0 bridgehead atoms. The number of aromatic nitrogens is 4. The van der Waals surface area contributed by atoms with Gasteiger partial charge in [0.25, 0.3) is 0 Å². The van der Waals surface area contributed by atoms with E-state index in [1.807, 2.05) is 0 Å². The molecule has 0 N–H and O–H groups in total. The van der Waals surface area contributed by atoms with Crippen LogP contribution >= 0.6 is 0 Å². The summed E-state index contributed by atoms with van der Waals surface area (Å²) in [5, 5.41) is 0. The largest absolute Gasteiger partial charge is 0.248 e. The van der Waals surface area contributed by atoms with Crippen molar-refractivity contribution in [1.82, 2.24) is 19.9 Å². The van der Waals surface area contributed by atoms with Crippen LogP contribution < -0.4 is 0 Å². The molecule has 15 aromatic rings. The molecule has 0 saturated heterocycles. The maximum absolute atomic E-state index is 5.38. The minimum atomic E-state index is 0.557. The fraction of sp³-hybridized carbons (Fsp3) is 0. The van der Waals surface area contributed by atoms with Gasteiger partial charge in [0.05, 0.1) is 11.4 Å². The van der Waals surface area contributed by atoms with Gasteiger partial charge in [-0.3, -0.25) is 0 Å². The molecule has 0 radical (unpaired) electrons. The summed E-state index contributed by atoms with van der Waals surface area (Å²) in [5.74, 6) is 1.69. The van der Waals surface area contributed by atoms with Gasteiger partial charge in [-0.05, 0) is 185 Å². The van der Waals surface area contributed by atoms with Gasteiger partial charge in [-0.25, -0.2) is 19.9 Å². The first-order valence-electron chi connectivity index (χ1n) is 30.5. The first-order chi connectivity index (χ1) is 44.5. The Morgan fingerprint density at radius 2 is 0.300 bits per heavy atom. The second-order valence-electron chi connectivity index (χ2n) is 22.6. The normalized spacial score (nSPS) is 11.1. The molecular weight excluding hydrogens is 1090 g/mol. The summed E-state index contributed by atoms with van der Waals surface area (Å²) < 4.78 is 0. The first kappa shape index (κ1) is 54.7. The summed E-state index contributed by atoms with van der Waals surface area (Å²) in [6.45, 7) is 0. The summed E-state index contributed by atoms with van der Waals surface area (Å²) in [5.41, 5.74) is 26.8. The highest BCUT2D eigenvalue weighted by atomic mass is 15.0. The molecule has 15 rings (SSSR count). The summed E-state index contributed by atoms with van der Waals surface area (Å²) >= 11 is 0. The molecule has 0 aliphatic heterocycles. The predicted octanol–water partition coefficient (Wildman–Crippen LogP) is 22.6. The number of nitrogens with zero attached hydrogens (tertiary/aromatic N) is 4. The molecule has 0 saturated carbocycles. The number of benzene rings is 13. The second-order valence-corrected chi connectivity index (χ2v) is 22.6. The summed E-state index contributed by atoms with van der Waals surface area (Å²) in [4.78, 5) is 21.4. The third-order valence-electron chi connectivity index (χ3n) is 16.7. The van der Waals surface area contributed by atoms with Gasteiger partial charge in [-0.1, -0.05) is 267 Å². The Bertz CT molecular complexity index is 4650. The van der Waals surface area contributed by atoms with Gasteiger partial charge < -0.3 is 0 Å². The van der Waals surface area contributed by atoms with E-state index < -0.39 is 0 Å². The highest BCUT2D eigenvalue weighted by Crippen LogP contribution is 2.39. The molecule has 13 aromatic carbocycles. The standard InChI is InChI=1S/C86H58N4/c1-7-23-59(24-8-1)73-50-74(60-25-9-2-10-26-60)54-79(53-73)65-43-45-66(46-44-65)82-41-22-42-83(87-82)69-37-21-40-72(49-69)86-89-84(70-38-19-35-67(47-70)80-55-75(61-27-11-3-12-28-61)51-76(56-80)62-29-13-4-14-30-62)88-85(90-86)71-39-20-36-68(48-71)81-57-77(63-31-15-5-16-32-63)52-78(58-81)64-33-17-6-18-34-64/h1-58H. The van der Waals surface area contributed by atoms with Gasteiger partial charge in [0.1, 0.15) is 0 Å². The Balaban J connectivity index is 0.813. The van der Waals surface area contributed by atoms with E-state index in [1.54, 1.807) is 0 Å². The molecule has 0 unspecified atom stereocenters. The van der Waals surface area contributed by atoms with E-state index in [0.717, 1.165) is 117 Å². The van der Waals surface area contributed by atoms with Crippen LogP contribution in [0.2, 0.25) is 0 Å².